The number of hydrogen-bond donors (Lipinski definition) is 3. The van der Waals surface area contributed by atoms with Gasteiger partial charge in [0.25, 0.3) is 0 Å². The highest BCUT2D eigenvalue weighted by Crippen LogP contribution is 2.17. The molecule has 0 heterocycles. The van der Waals surface area contributed by atoms with Crippen molar-refractivity contribution in [2.24, 2.45) is 0 Å². The first-order valence-corrected chi connectivity index (χ1v) is 28.2. The first-order chi connectivity index (χ1) is 32.5. The molecule has 0 aliphatic rings. The van der Waals surface area contributed by atoms with E-state index in [2.05, 4.69) is 92.9 Å². The van der Waals surface area contributed by atoms with Crippen LogP contribution < -0.4 is 5.32 Å². The fourth-order valence-electron chi connectivity index (χ4n) is 8.32. The predicted octanol–water partition coefficient (Wildman–Crippen LogP) is 17.3. The van der Waals surface area contributed by atoms with Gasteiger partial charge < -0.3 is 20.3 Å². The van der Waals surface area contributed by atoms with Gasteiger partial charge in [-0.25, -0.2) is 0 Å². The Morgan fingerprint density at radius 1 is 0.439 bits per heavy atom. The van der Waals surface area contributed by atoms with Gasteiger partial charge in [-0.3, -0.25) is 9.59 Å². The molecule has 0 radical (unpaired) electrons. The van der Waals surface area contributed by atoms with E-state index >= 15 is 0 Å². The highest BCUT2D eigenvalue weighted by Gasteiger charge is 2.24. The van der Waals surface area contributed by atoms with E-state index in [0.717, 1.165) is 83.5 Å². The summed E-state index contributed by atoms with van der Waals surface area (Å²) >= 11 is 0. The summed E-state index contributed by atoms with van der Waals surface area (Å²) in [6.07, 6.45) is 68.2. The monoisotopic (exact) mass is 922 g/mol. The summed E-state index contributed by atoms with van der Waals surface area (Å²) in [7, 11) is 0. The van der Waals surface area contributed by atoms with Crippen LogP contribution in [0.3, 0.4) is 0 Å². The highest BCUT2D eigenvalue weighted by atomic mass is 16.5. The summed E-state index contributed by atoms with van der Waals surface area (Å²) in [5.74, 6) is -0.541. The highest BCUT2D eigenvalue weighted by molar-refractivity contribution is 5.77. The van der Waals surface area contributed by atoms with Crippen LogP contribution >= 0.6 is 0 Å². The largest absolute Gasteiger partial charge is 0.462 e. The number of carbonyl (C=O) groups excluding carboxylic acids is 2. The van der Waals surface area contributed by atoms with Crippen LogP contribution in [-0.2, 0) is 14.3 Å². The van der Waals surface area contributed by atoms with Gasteiger partial charge in [0.1, 0.15) is 6.10 Å². The standard InChI is InChI=1S/C60H107NO5/c1-4-7-10-13-16-19-22-25-28-31-33-36-39-42-45-48-51-56(66-60(65)53-50-47-44-41-38-35-32-29-26-23-20-17-14-11-8-5-2)54-59(64)61-57(55-62)58(63)52-49-46-43-40-37-34-30-27-24-21-18-15-12-9-6-3/h16,19,22,25,28-29,31-33,35-36,38,56-58,62-63H,4-15,17-18,20-21,23-24,26-27,30,34,37,39-55H2,1-3H3,(H,61,64)/b19-16+,25-22+,31-28+,32-29+,36-33+,38-35+. The van der Waals surface area contributed by atoms with Crippen molar-refractivity contribution >= 4 is 11.9 Å². The fraction of sp³-hybridized carbons (Fsp3) is 0.767. The molecule has 0 rings (SSSR count). The lowest BCUT2D eigenvalue weighted by atomic mass is 10.0. The molecule has 0 saturated carbocycles. The van der Waals surface area contributed by atoms with Crippen LogP contribution in [0.25, 0.3) is 0 Å². The number of rotatable bonds is 50. The number of esters is 1. The van der Waals surface area contributed by atoms with Crippen LogP contribution in [0.15, 0.2) is 72.9 Å². The fourth-order valence-corrected chi connectivity index (χ4v) is 8.32. The molecule has 0 aromatic carbocycles. The van der Waals surface area contributed by atoms with Gasteiger partial charge >= 0.3 is 5.97 Å². The molecule has 66 heavy (non-hydrogen) atoms. The second kappa shape index (κ2) is 53.3. The molecular formula is C60H107NO5. The third kappa shape index (κ3) is 47.8. The van der Waals surface area contributed by atoms with E-state index in [-0.39, 0.29) is 24.9 Å². The van der Waals surface area contributed by atoms with Crippen molar-refractivity contribution in [1.29, 1.82) is 0 Å². The number of ether oxygens (including phenoxy) is 1. The molecule has 0 aliphatic heterocycles. The van der Waals surface area contributed by atoms with E-state index < -0.39 is 18.2 Å². The zero-order valence-electron chi connectivity index (χ0n) is 43.6. The Bertz CT molecular complexity index is 1220. The second-order valence-electron chi connectivity index (χ2n) is 19.1. The van der Waals surface area contributed by atoms with E-state index in [1.807, 2.05) is 6.08 Å². The van der Waals surface area contributed by atoms with Crippen LogP contribution in [-0.4, -0.2) is 46.9 Å². The number of aliphatic hydroxyl groups is 2. The molecule has 0 aromatic rings. The predicted molar refractivity (Wildman–Crippen MR) is 287 cm³/mol. The maximum atomic E-state index is 13.3. The number of unbranched alkanes of at least 4 members (excludes halogenated alkanes) is 30. The molecule has 382 valence electrons. The SMILES string of the molecule is CCCCC/C=C/C=C/C=C/C=C/CCCCCC(CC(=O)NC(CO)C(O)CCCCCCCCCCCCCCCCC)OC(=O)CCCCC/C=C/C=C/CCCCCCCCC. The van der Waals surface area contributed by atoms with Gasteiger partial charge in [-0.15, -0.1) is 0 Å². The van der Waals surface area contributed by atoms with E-state index in [0.29, 0.717) is 19.3 Å². The minimum Gasteiger partial charge on any atom is -0.462 e. The second-order valence-corrected chi connectivity index (χ2v) is 19.1. The quantitative estimate of drug-likeness (QED) is 0.0321. The van der Waals surface area contributed by atoms with Gasteiger partial charge in [0.15, 0.2) is 0 Å². The number of carbonyl (C=O) groups is 2. The first kappa shape index (κ1) is 63.3. The first-order valence-electron chi connectivity index (χ1n) is 28.2. The van der Waals surface area contributed by atoms with E-state index in [1.165, 1.54) is 141 Å². The number of aliphatic hydroxyl groups excluding tert-OH is 2. The molecular weight excluding hydrogens is 815 g/mol. The third-order valence-electron chi connectivity index (χ3n) is 12.6. The number of amides is 1. The Kier molecular flexibility index (Phi) is 51.1. The molecule has 0 spiro atoms. The van der Waals surface area contributed by atoms with Gasteiger partial charge in [-0.05, 0) is 77.0 Å². The molecule has 3 unspecified atom stereocenters. The zero-order chi connectivity index (χ0) is 48.1. The summed E-state index contributed by atoms with van der Waals surface area (Å²) in [6, 6.07) is -0.724. The molecule has 0 aliphatic carbocycles. The summed E-state index contributed by atoms with van der Waals surface area (Å²) in [5, 5.41) is 23.8. The Balaban J connectivity index is 4.69. The molecule has 0 bridgehead atoms. The topological polar surface area (TPSA) is 95.9 Å². The molecule has 6 heteroatoms. The van der Waals surface area contributed by atoms with Crippen LogP contribution in [0.4, 0.5) is 0 Å². The molecule has 3 atom stereocenters. The van der Waals surface area contributed by atoms with Crippen molar-refractivity contribution in [3.63, 3.8) is 0 Å². The third-order valence-corrected chi connectivity index (χ3v) is 12.6. The van der Waals surface area contributed by atoms with Gasteiger partial charge in [0.05, 0.1) is 25.2 Å². The van der Waals surface area contributed by atoms with Gasteiger partial charge in [-0.2, -0.15) is 0 Å². The minimum absolute atomic E-state index is 0.0390. The number of nitrogens with one attached hydrogen (secondary N) is 1. The molecule has 0 aromatic heterocycles. The molecule has 0 saturated heterocycles. The average molecular weight is 923 g/mol. The van der Waals surface area contributed by atoms with Crippen molar-refractivity contribution in [3.8, 4) is 0 Å². The van der Waals surface area contributed by atoms with Crippen molar-refractivity contribution in [2.75, 3.05) is 6.61 Å². The Morgan fingerprint density at radius 3 is 1.23 bits per heavy atom. The van der Waals surface area contributed by atoms with Crippen molar-refractivity contribution in [2.45, 2.75) is 289 Å². The van der Waals surface area contributed by atoms with Crippen molar-refractivity contribution in [1.82, 2.24) is 5.32 Å². The molecule has 3 N–H and O–H groups in total. The normalized spacial score (nSPS) is 13.7. The van der Waals surface area contributed by atoms with Crippen LogP contribution in [0.5, 0.6) is 0 Å². The lowest BCUT2D eigenvalue weighted by Crippen LogP contribution is -2.46. The number of allylic oxidation sites excluding steroid dienone is 12. The smallest absolute Gasteiger partial charge is 0.306 e. The Hall–Kier alpha value is -2.70. The summed E-state index contributed by atoms with van der Waals surface area (Å²) in [6.45, 7) is 6.44. The maximum Gasteiger partial charge on any atom is 0.306 e. The lowest BCUT2D eigenvalue weighted by molar-refractivity contribution is -0.151. The zero-order valence-corrected chi connectivity index (χ0v) is 43.6. The van der Waals surface area contributed by atoms with Crippen molar-refractivity contribution < 1.29 is 24.5 Å². The Morgan fingerprint density at radius 2 is 0.773 bits per heavy atom. The molecule has 1 amide bonds. The summed E-state index contributed by atoms with van der Waals surface area (Å²) < 4.78 is 5.92. The Labute approximate surface area is 409 Å². The van der Waals surface area contributed by atoms with Crippen molar-refractivity contribution in [3.05, 3.63) is 72.9 Å². The summed E-state index contributed by atoms with van der Waals surface area (Å²) in [5.41, 5.74) is 0. The van der Waals surface area contributed by atoms with E-state index in [9.17, 15) is 19.8 Å². The van der Waals surface area contributed by atoms with E-state index in [4.69, 9.17) is 4.74 Å². The van der Waals surface area contributed by atoms with Gasteiger partial charge in [0.2, 0.25) is 5.91 Å². The van der Waals surface area contributed by atoms with Gasteiger partial charge in [0, 0.05) is 6.42 Å². The van der Waals surface area contributed by atoms with E-state index in [1.54, 1.807) is 0 Å². The minimum atomic E-state index is -0.807. The maximum absolute atomic E-state index is 13.3. The van der Waals surface area contributed by atoms with Crippen LogP contribution in [0.1, 0.15) is 271 Å². The van der Waals surface area contributed by atoms with Gasteiger partial charge in [-0.1, -0.05) is 254 Å². The lowest BCUT2D eigenvalue weighted by Gasteiger charge is -2.24. The molecule has 6 nitrogen and oxygen atoms in total. The summed E-state index contributed by atoms with van der Waals surface area (Å²) in [4.78, 5) is 26.2. The number of hydrogen-bond acceptors (Lipinski definition) is 5. The average Bonchev–Trinajstić information content (AvgIpc) is 3.31. The van der Waals surface area contributed by atoms with Crippen LogP contribution in [0, 0.1) is 0 Å². The molecule has 0 fully saturated rings. The van der Waals surface area contributed by atoms with Crippen LogP contribution in [0.2, 0.25) is 0 Å².